The number of hydrogen-bond donors (Lipinski definition) is 2. The lowest BCUT2D eigenvalue weighted by Crippen LogP contribution is -2.49. The molecule has 2 aromatic heterocycles. The molecule has 0 radical (unpaired) electrons. The van der Waals surface area contributed by atoms with Gasteiger partial charge in [-0.25, -0.2) is 0 Å². The highest BCUT2D eigenvalue weighted by Crippen LogP contribution is 2.27. The minimum absolute atomic E-state index is 0.111. The van der Waals surface area contributed by atoms with Crippen molar-refractivity contribution >= 4 is 39.3 Å². The molecule has 0 saturated heterocycles. The standard InChI is InChI=1S/C17H24N4O4S/c1-9(2)21(7-6-14(22)23)16(25)11(4)18-15(24)13-8-12-10(3)19-20(5)17(12)26-13/h8-9,11H,6-7H2,1-5H3,(H,18,24)(H,22,23). The minimum Gasteiger partial charge on any atom is -0.481 e. The number of amides is 2. The summed E-state index contributed by atoms with van der Waals surface area (Å²) in [5.41, 5.74) is 0.849. The van der Waals surface area contributed by atoms with Crippen molar-refractivity contribution in [2.24, 2.45) is 7.05 Å². The molecule has 1 atom stereocenters. The molecule has 0 saturated carbocycles. The van der Waals surface area contributed by atoms with Crippen molar-refractivity contribution in [1.82, 2.24) is 20.0 Å². The van der Waals surface area contributed by atoms with Gasteiger partial charge in [0.15, 0.2) is 0 Å². The van der Waals surface area contributed by atoms with Crippen LogP contribution in [0.5, 0.6) is 0 Å². The first-order valence-electron chi connectivity index (χ1n) is 8.38. The summed E-state index contributed by atoms with van der Waals surface area (Å²) in [6.45, 7) is 7.23. The second-order valence-corrected chi connectivity index (χ2v) is 7.53. The van der Waals surface area contributed by atoms with E-state index in [1.807, 2.05) is 27.8 Å². The third-order valence-electron chi connectivity index (χ3n) is 4.11. The highest BCUT2D eigenvalue weighted by Gasteiger charge is 2.25. The first-order chi connectivity index (χ1) is 12.1. The highest BCUT2D eigenvalue weighted by molar-refractivity contribution is 7.20. The molecule has 0 aliphatic carbocycles. The number of aromatic nitrogens is 2. The second-order valence-electron chi connectivity index (χ2n) is 6.50. The van der Waals surface area contributed by atoms with Crippen molar-refractivity contribution in [3.63, 3.8) is 0 Å². The van der Waals surface area contributed by atoms with Gasteiger partial charge in [-0.1, -0.05) is 0 Å². The lowest BCUT2D eigenvalue weighted by molar-refractivity contribution is -0.139. The van der Waals surface area contributed by atoms with Gasteiger partial charge >= 0.3 is 5.97 Å². The smallest absolute Gasteiger partial charge is 0.305 e. The predicted molar refractivity (Wildman–Crippen MR) is 99.4 cm³/mol. The lowest BCUT2D eigenvalue weighted by atomic mass is 10.2. The number of fused-ring (bicyclic) bond motifs is 1. The quantitative estimate of drug-likeness (QED) is 0.762. The van der Waals surface area contributed by atoms with Gasteiger partial charge in [0.05, 0.1) is 17.0 Å². The number of thiophene rings is 1. The predicted octanol–water partition coefficient (Wildman–Crippen LogP) is 1.77. The van der Waals surface area contributed by atoms with E-state index in [0.29, 0.717) is 4.88 Å². The monoisotopic (exact) mass is 380 g/mol. The normalized spacial score (nSPS) is 12.4. The molecule has 0 spiro atoms. The van der Waals surface area contributed by atoms with E-state index in [1.165, 1.54) is 16.2 Å². The molecule has 2 heterocycles. The van der Waals surface area contributed by atoms with E-state index < -0.39 is 12.0 Å². The van der Waals surface area contributed by atoms with Crippen molar-refractivity contribution in [1.29, 1.82) is 0 Å². The van der Waals surface area contributed by atoms with Crippen LogP contribution in [0.1, 0.15) is 42.6 Å². The summed E-state index contributed by atoms with van der Waals surface area (Å²) in [5, 5.41) is 16.8. The molecule has 0 aliphatic heterocycles. The second kappa shape index (κ2) is 7.86. The first kappa shape index (κ1) is 19.9. The van der Waals surface area contributed by atoms with Crippen molar-refractivity contribution in [3.05, 3.63) is 16.6 Å². The molecule has 26 heavy (non-hydrogen) atoms. The Bertz CT molecular complexity index is 805. The highest BCUT2D eigenvalue weighted by atomic mass is 32.1. The fourth-order valence-electron chi connectivity index (χ4n) is 2.73. The molecule has 142 valence electrons. The molecule has 2 aromatic rings. The number of carbonyl (C=O) groups excluding carboxylic acids is 2. The van der Waals surface area contributed by atoms with Gasteiger partial charge < -0.3 is 15.3 Å². The van der Waals surface area contributed by atoms with E-state index in [-0.39, 0.29) is 30.8 Å². The number of carboxylic acids is 1. The van der Waals surface area contributed by atoms with Crippen molar-refractivity contribution in [3.8, 4) is 0 Å². The van der Waals surface area contributed by atoms with Crippen LogP contribution in [-0.2, 0) is 16.6 Å². The average Bonchev–Trinajstić information content (AvgIpc) is 3.09. The van der Waals surface area contributed by atoms with Crippen LogP contribution < -0.4 is 5.32 Å². The van der Waals surface area contributed by atoms with Gasteiger partial charge in [0.1, 0.15) is 10.9 Å². The van der Waals surface area contributed by atoms with Crippen LogP contribution in [0.2, 0.25) is 0 Å². The van der Waals surface area contributed by atoms with Crippen molar-refractivity contribution in [2.45, 2.75) is 46.2 Å². The average molecular weight is 380 g/mol. The van der Waals surface area contributed by atoms with Crippen LogP contribution in [0.25, 0.3) is 10.2 Å². The Morgan fingerprint density at radius 1 is 1.35 bits per heavy atom. The van der Waals surface area contributed by atoms with Crippen LogP contribution >= 0.6 is 11.3 Å². The summed E-state index contributed by atoms with van der Waals surface area (Å²) in [4.78, 5) is 38.8. The molecule has 0 fully saturated rings. The number of aryl methyl sites for hydroxylation is 2. The van der Waals surface area contributed by atoms with Gasteiger partial charge in [-0.2, -0.15) is 5.10 Å². The first-order valence-corrected chi connectivity index (χ1v) is 9.19. The summed E-state index contributed by atoms with van der Waals surface area (Å²) in [6.07, 6.45) is -0.132. The number of rotatable bonds is 7. The number of nitrogens with zero attached hydrogens (tertiary/aromatic N) is 3. The maximum atomic E-state index is 12.6. The number of nitrogens with one attached hydrogen (secondary N) is 1. The largest absolute Gasteiger partial charge is 0.481 e. The van der Waals surface area contributed by atoms with Gasteiger partial charge in [0, 0.05) is 25.0 Å². The maximum absolute atomic E-state index is 12.6. The van der Waals surface area contributed by atoms with E-state index >= 15 is 0 Å². The van der Waals surface area contributed by atoms with Crippen molar-refractivity contribution < 1.29 is 19.5 Å². The third kappa shape index (κ3) is 4.21. The molecular weight excluding hydrogens is 356 g/mol. The fraction of sp³-hybridized carbons (Fsp3) is 0.529. The molecule has 1 unspecified atom stereocenters. The van der Waals surface area contributed by atoms with Crippen LogP contribution in [0, 0.1) is 6.92 Å². The summed E-state index contributed by atoms with van der Waals surface area (Å²) in [7, 11) is 1.82. The Labute approximate surface area is 155 Å². The number of hydrogen-bond acceptors (Lipinski definition) is 5. The van der Waals surface area contributed by atoms with Crippen LogP contribution in [0.15, 0.2) is 6.07 Å². The number of carboxylic acid groups (broad SMARTS) is 1. The molecule has 0 bridgehead atoms. The Morgan fingerprint density at radius 2 is 2.00 bits per heavy atom. The minimum atomic E-state index is -0.964. The van der Waals surface area contributed by atoms with Gasteiger partial charge in [-0.05, 0) is 33.8 Å². The van der Waals surface area contributed by atoms with E-state index in [1.54, 1.807) is 17.7 Å². The zero-order valence-electron chi connectivity index (χ0n) is 15.6. The molecule has 0 aliphatic rings. The fourth-order valence-corrected chi connectivity index (χ4v) is 3.76. The van der Waals surface area contributed by atoms with Gasteiger partial charge in [0.2, 0.25) is 5.91 Å². The maximum Gasteiger partial charge on any atom is 0.305 e. The van der Waals surface area contributed by atoms with E-state index in [4.69, 9.17) is 5.11 Å². The summed E-state index contributed by atoms with van der Waals surface area (Å²) < 4.78 is 1.73. The topological polar surface area (TPSA) is 105 Å². The third-order valence-corrected chi connectivity index (χ3v) is 5.31. The summed E-state index contributed by atoms with van der Waals surface area (Å²) in [5.74, 6) is -1.59. The summed E-state index contributed by atoms with van der Waals surface area (Å²) in [6, 6.07) is 0.877. The van der Waals surface area contributed by atoms with E-state index in [0.717, 1.165) is 15.9 Å². The van der Waals surface area contributed by atoms with Crippen molar-refractivity contribution in [2.75, 3.05) is 6.54 Å². The Kier molecular flexibility index (Phi) is 6.01. The Hall–Kier alpha value is -2.42. The number of aliphatic carboxylic acids is 1. The van der Waals surface area contributed by atoms with Gasteiger partial charge in [-0.3, -0.25) is 19.1 Å². The SMILES string of the molecule is Cc1nn(C)c2sc(C(=O)NC(C)C(=O)N(CCC(=O)O)C(C)C)cc12. The lowest BCUT2D eigenvalue weighted by Gasteiger charge is -2.29. The summed E-state index contributed by atoms with van der Waals surface area (Å²) >= 11 is 1.32. The Balaban J connectivity index is 2.09. The molecule has 9 heteroatoms. The zero-order chi connectivity index (χ0) is 19.6. The Morgan fingerprint density at radius 3 is 2.54 bits per heavy atom. The van der Waals surface area contributed by atoms with E-state index in [2.05, 4.69) is 10.4 Å². The molecular formula is C17H24N4O4S. The number of carbonyl (C=O) groups is 3. The van der Waals surface area contributed by atoms with Crippen LogP contribution in [0.3, 0.4) is 0 Å². The molecule has 2 amide bonds. The molecule has 2 rings (SSSR count). The zero-order valence-corrected chi connectivity index (χ0v) is 16.4. The van der Waals surface area contributed by atoms with Gasteiger partial charge in [-0.15, -0.1) is 11.3 Å². The molecule has 0 aromatic carbocycles. The van der Waals surface area contributed by atoms with Gasteiger partial charge in [0.25, 0.3) is 5.91 Å². The van der Waals surface area contributed by atoms with Crippen LogP contribution in [0.4, 0.5) is 0 Å². The molecule has 2 N–H and O–H groups in total. The van der Waals surface area contributed by atoms with Crippen LogP contribution in [-0.4, -0.2) is 56.2 Å². The van der Waals surface area contributed by atoms with E-state index in [9.17, 15) is 14.4 Å². The molecule has 8 nitrogen and oxygen atoms in total.